The first-order valence-electron chi connectivity index (χ1n) is 9.51. The molecule has 2 heterocycles. The van der Waals surface area contributed by atoms with Crippen LogP contribution in [0.25, 0.3) is 11.3 Å². The highest BCUT2D eigenvalue weighted by atomic mass is 16.6. The number of ether oxygens (including phenoxy) is 1. The maximum atomic E-state index is 12.2. The van der Waals surface area contributed by atoms with E-state index in [0.717, 1.165) is 29.9 Å². The molecule has 6 nitrogen and oxygen atoms in total. The first-order valence-corrected chi connectivity index (χ1v) is 9.51. The van der Waals surface area contributed by atoms with Gasteiger partial charge >= 0.3 is 6.09 Å². The number of benzene rings is 1. The molecule has 6 heteroatoms. The summed E-state index contributed by atoms with van der Waals surface area (Å²) in [6.45, 7) is 3.41. The number of piperidine rings is 1. The van der Waals surface area contributed by atoms with Gasteiger partial charge in [0.2, 0.25) is 5.91 Å². The molecule has 0 radical (unpaired) electrons. The summed E-state index contributed by atoms with van der Waals surface area (Å²) in [5.74, 6) is 1.64. The molecule has 2 amide bonds. The van der Waals surface area contributed by atoms with Crippen LogP contribution in [0.5, 0.6) is 0 Å². The molecule has 1 fully saturated rings. The Bertz CT molecular complexity index is 749. The number of hydrogen-bond donors (Lipinski definition) is 1. The summed E-state index contributed by atoms with van der Waals surface area (Å²) in [5, 5.41) is 3.06. The molecule has 1 aliphatic heterocycles. The number of aryl methyl sites for hydroxylation is 1. The summed E-state index contributed by atoms with van der Waals surface area (Å²) in [6, 6.07) is 13.9. The summed E-state index contributed by atoms with van der Waals surface area (Å²) in [4.78, 5) is 25.6. The minimum Gasteiger partial charge on any atom is -0.461 e. The Hall–Kier alpha value is -2.76. The van der Waals surface area contributed by atoms with Crippen molar-refractivity contribution >= 4 is 12.0 Å². The molecule has 0 spiro atoms. The quantitative estimate of drug-likeness (QED) is 0.843. The van der Waals surface area contributed by atoms with Crippen molar-refractivity contribution in [3.05, 3.63) is 48.2 Å². The van der Waals surface area contributed by atoms with Crippen LogP contribution in [-0.4, -0.2) is 42.6 Å². The van der Waals surface area contributed by atoms with E-state index in [9.17, 15) is 9.59 Å². The lowest BCUT2D eigenvalue weighted by molar-refractivity contribution is -0.122. The monoisotopic (exact) mass is 370 g/mol. The largest absolute Gasteiger partial charge is 0.461 e. The normalized spacial score (nSPS) is 14.8. The van der Waals surface area contributed by atoms with Crippen molar-refractivity contribution in [3.63, 3.8) is 0 Å². The van der Waals surface area contributed by atoms with Crippen molar-refractivity contribution in [3.8, 4) is 11.3 Å². The Morgan fingerprint density at radius 3 is 2.59 bits per heavy atom. The zero-order chi connectivity index (χ0) is 19.1. The van der Waals surface area contributed by atoms with Gasteiger partial charge in [0, 0.05) is 37.5 Å². The number of amides is 2. The molecule has 0 atom stereocenters. The first kappa shape index (κ1) is 19.0. The van der Waals surface area contributed by atoms with E-state index in [2.05, 4.69) is 5.32 Å². The van der Waals surface area contributed by atoms with E-state index in [1.165, 1.54) is 0 Å². The number of hydrogen-bond acceptors (Lipinski definition) is 4. The highest BCUT2D eigenvalue weighted by molar-refractivity contribution is 5.76. The van der Waals surface area contributed by atoms with Gasteiger partial charge in [0.05, 0.1) is 6.61 Å². The van der Waals surface area contributed by atoms with Crippen LogP contribution >= 0.6 is 0 Å². The summed E-state index contributed by atoms with van der Waals surface area (Å²) in [6.07, 6.45) is 2.20. The van der Waals surface area contributed by atoms with Gasteiger partial charge in [0.25, 0.3) is 0 Å². The highest BCUT2D eigenvalue weighted by Gasteiger charge is 2.24. The third-order valence-electron chi connectivity index (χ3n) is 4.70. The van der Waals surface area contributed by atoms with E-state index in [1.54, 1.807) is 11.8 Å². The molecule has 27 heavy (non-hydrogen) atoms. The second-order valence-corrected chi connectivity index (χ2v) is 6.66. The second-order valence-electron chi connectivity index (χ2n) is 6.66. The lowest BCUT2D eigenvalue weighted by atomic mass is 10.1. The molecule has 2 aromatic rings. The van der Waals surface area contributed by atoms with E-state index >= 15 is 0 Å². The summed E-state index contributed by atoms with van der Waals surface area (Å²) in [5.41, 5.74) is 1.03. The molecule has 0 aliphatic carbocycles. The SMILES string of the molecule is CCOC(=O)N1CCC(NC(=O)CCc2ccc(-c3ccccc3)o2)CC1. The third-order valence-corrected chi connectivity index (χ3v) is 4.70. The highest BCUT2D eigenvalue weighted by Crippen LogP contribution is 2.22. The minimum atomic E-state index is -0.269. The Balaban J connectivity index is 1.41. The van der Waals surface area contributed by atoms with Crippen molar-refractivity contribution in [1.29, 1.82) is 0 Å². The van der Waals surface area contributed by atoms with Crippen LogP contribution in [0, 0.1) is 0 Å². The summed E-state index contributed by atoms with van der Waals surface area (Å²) >= 11 is 0. The van der Waals surface area contributed by atoms with Crippen LogP contribution in [0.15, 0.2) is 46.9 Å². The Labute approximate surface area is 159 Å². The Morgan fingerprint density at radius 1 is 1.15 bits per heavy atom. The molecule has 1 N–H and O–H groups in total. The molecule has 0 bridgehead atoms. The third kappa shape index (κ3) is 5.36. The molecule has 3 rings (SSSR count). The second kappa shape index (κ2) is 9.26. The molecular formula is C21H26N2O4. The van der Waals surface area contributed by atoms with Crippen LogP contribution < -0.4 is 5.32 Å². The van der Waals surface area contributed by atoms with Crippen molar-refractivity contribution < 1.29 is 18.7 Å². The van der Waals surface area contributed by atoms with E-state index in [-0.39, 0.29) is 18.0 Å². The zero-order valence-electron chi connectivity index (χ0n) is 15.6. The van der Waals surface area contributed by atoms with Crippen LogP contribution in [0.3, 0.4) is 0 Å². The van der Waals surface area contributed by atoms with Crippen LogP contribution in [0.1, 0.15) is 31.9 Å². The Kier molecular flexibility index (Phi) is 6.52. The maximum Gasteiger partial charge on any atom is 0.409 e. The molecule has 1 aromatic heterocycles. The average Bonchev–Trinajstić information content (AvgIpc) is 3.17. The summed E-state index contributed by atoms with van der Waals surface area (Å²) in [7, 11) is 0. The van der Waals surface area contributed by atoms with Gasteiger partial charge in [-0.05, 0) is 31.9 Å². The number of carbonyl (C=O) groups is 2. The molecule has 144 valence electrons. The minimum absolute atomic E-state index is 0.0160. The van der Waals surface area contributed by atoms with Gasteiger partial charge in [0.1, 0.15) is 11.5 Å². The standard InChI is InChI=1S/C21H26N2O4/c1-2-26-21(25)23-14-12-17(13-15-23)22-20(24)11-9-18-8-10-19(27-18)16-6-4-3-5-7-16/h3-8,10,17H,2,9,11-15H2,1H3,(H,22,24). The number of carbonyl (C=O) groups excluding carboxylic acids is 2. The average molecular weight is 370 g/mol. The van der Waals surface area contributed by atoms with E-state index in [0.29, 0.717) is 32.5 Å². The molecule has 1 aromatic carbocycles. The van der Waals surface area contributed by atoms with E-state index < -0.39 is 0 Å². The topological polar surface area (TPSA) is 71.8 Å². The maximum absolute atomic E-state index is 12.2. The van der Waals surface area contributed by atoms with Gasteiger partial charge in [-0.2, -0.15) is 0 Å². The van der Waals surface area contributed by atoms with E-state index in [4.69, 9.17) is 9.15 Å². The number of nitrogens with zero attached hydrogens (tertiary/aromatic N) is 1. The summed E-state index contributed by atoms with van der Waals surface area (Å²) < 4.78 is 10.8. The van der Waals surface area contributed by atoms with Gasteiger partial charge in [0.15, 0.2) is 0 Å². The van der Waals surface area contributed by atoms with Gasteiger partial charge < -0.3 is 19.4 Å². The van der Waals surface area contributed by atoms with Crippen molar-refractivity contribution in [2.45, 2.75) is 38.6 Å². The van der Waals surface area contributed by atoms with Gasteiger partial charge in [-0.1, -0.05) is 30.3 Å². The first-order chi connectivity index (χ1) is 13.2. The van der Waals surface area contributed by atoms with Crippen LogP contribution in [0.2, 0.25) is 0 Å². The van der Waals surface area contributed by atoms with Crippen LogP contribution in [-0.2, 0) is 16.0 Å². The number of nitrogens with one attached hydrogen (secondary N) is 1. The predicted molar refractivity (Wildman–Crippen MR) is 102 cm³/mol. The number of likely N-dealkylation sites (tertiary alicyclic amines) is 1. The molecule has 0 unspecified atom stereocenters. The predicted octanol–water partition coefficient (Wildman–Crippen LogP) is 3.62. The van der Waals surface area contributed by atoms with E-state index in [1.807, 2.05) is 42.5 Å². The fourth-order valence-electron chi connectivity index (χ4n) is 3.23. The number of rotatable bonds is 6. The van der Waals surface area contributed by atoms with Crippen molar-refractivity contribution in [1.82, 2.24) is 10.2 Å². The van der Waals surface area contributed by atoms with Gasteiger partial charge in [-0.15, -0.1) is 0 Å². The number of furan rings is 1. The molecule has 0 saturated carbocycles. The Morgan fingerprint density at radius 2 is 1.89 bits per heavy atom. The van der Waals surface area contributed by atoms with Gasteiger partial charge in [-0.25, -0.2) is 4.79 Å². The smallest absolute Gasteiger partial charge is 0.409 e. The fourth-order valence-corrected chi connectivity index (χ4v) is 3.23. The molecular weight excluding hydrogens is 344 g/mol. The van der Waals surface area contributed by atoms with Crippen molar-refractivity contribution in [2.24, 2.45) is 0 Å². The lowest BCUT2D eigenvalue weighted by Gasteiger charge is -2.31. The molecule has 1 saturated heterocycles. The molecule has 1 aliphatic rings. The van der Waals surface area contributed by atoms with Crippen LogP contribution in [0.4, 0.5) is 4.79 Å². The van der Waals surface area contributed by atoms with Gasteiger partial charge in [-0.3, -0.25) is 4.79 Å². The zero-order valence-corrected chi connectivity index (χ0v) is 15.6. The van der Waals surface area contributed by atoms with Crippen molar-refractivity contribution in [2.75, 3.05) is 19.7 Å². The fraction of sp³-hybridized carbons (Fsp3) is 0.429. The lowest BCUT2D eigenvalue weighted by Crippen LogP contribution is -2.46.